The molecule has 0 spiro atoms. The van der Waals surface area contributed by atoms with Crippen molar-refractivity contribution < 1.29 is 8.42 Å². The number of halogens is 1. The van der Waals surface area contributed by atoms with E-state index in [1.165, 1.54) is 0 Å². The monoisotopic (exact) mass is 346 g/mol. The number of piperidine rings is 1. The summed E-state index contributed by atoms with van der Waals surface area (Å²) < 4.78 is 22.1. The molecule has 1 aliphatic heterocycles. The number of hydrogen-bond acceptors (Lipinski definition) is 3. The molecule has 1 heterocycles. The molecule has 90 valence electrons. The lowest BCUT2D eigenvalue weighted by Gasteiger charge is -2.45. The van der Waals surface area contributed by atoms with Crippen LogP contribution in [0.5, 0.6) is 0 Å². The van der Waals surface area contributed by atoms with Gasteiger partial charge in [-0.25, -0.2) is 13.6 Å². The molecule has 2 N–H and O–H groups in total. The number of likely N-dealkylation sites (tertiary alicyclic amines) is 1. The summed E-state index contributed by atoms with van der Waals surface area (Å²) in [6.07, 6.45) is 3.14. The largest absolute Gasteiger partial charge is 0.286 e. The van der Waals surface area contributed by atoms with E-state index >= 15 is 0 Å². The standard InChI is InChI=1S/C9H19IN2O2S/c1-8(2)12-6-4-3-5-9(12,10)7-15(11,13)14/h8H,3-7H2,1-2H3,(H2,11,13,14). The minimum atomic E-state index is -3.40. The van der Waals surface area contributed by atoms with Crippen molar-refractivity contribution in [2.45, 2.75) is 42.7 Å². The van der Waals surface area contributed by atoms with E-state index in [2.05, 4.69) is 41.3 Å². The molecule has 0 aromatic heterocycles. The first-order valence-corrected chi connectivity index (χ1v) is 8.00. The van der Waals surface area contributed by atoms with Gasteiger partial charge in [-0.2, -0.15) is 0 Å². The lowest BCUT2D eigenvalue weighted by atomic mass is 10.0. The summed E-state index contributed by atoms with van der Waals surface area (Å²) in [7, 11) is -3.40. The van der Waals surface area contributed by atoms with Crippen LogP contribution in [0, 0.1) is 0 Å². The molecular weight excluding hydrogens is 327 g/mol. The minimum absolute atomic E-state index is 0.0543. The van der Waals surface area contributed by atoms with E-state index in [4.69, 9.17) is 5.14 Å². The smallest absolute Gasteiger partial charge is 0.211 e. The first kappa shape index (κ1) is 13.7. The van der Waals surface area contributed by atoms with Gasteiger partial charge in [0.25, 0.3) is 0 Å². The molecule has 1 rings (SSSR count). The van der Waals surface area contributed by atoms with Crippen LogP contribution in [0.2, 0.25) is 0 Å². The van der Waals surface area contributed by atoms with Crippen LogP contribution in [0.3, 0.4) is 0 Å². The summed E-state index contributed by atoms with van der Waals surface area (Å²) in [6, 6.07) is 0.365. The van der Waals surface area contributed by atoms with E-state index < -0.39 is 10.0 Å². The average molecular weight is 346 g/mol. The third kappa shape index (κ3) is 3.83. The van der Waals surface area contributed by atoms with E-state index in [1.807, 2.05) is 0 Å². The number of alkyl halides is 1. The maximum Gasteiger partial charge on any atom is 0.211 e. The third-order valence-corrected chi connectivity index (χ3v) is 5.71. The van der Waals surface area contributed by atoms with Crippen LogP contribution in [-0.2, 0) is 10.0 Å². The summed E-state index contributed by atoms with van der Waals surface area (Å²) in [5, 5.41) is 5.15. The van der Waals surface area contributed by atoms with Crippen molar-refractivity contribution >= 4 is 32.6 Å². The van der Waals surface area contributed by atoms with Gasteiger partial charge >= 0.3 is 0 Å². The van der Waals surface area contributed by atoms with Gasteiger partial charge in [0.05, 0.1) is 9.30 Å². The predicted molar refractivity (Wildman–Crippen MR) is 70.4 cm³/mol. The Balaban J connectivity index is 2.86. The molecular formula is C9H19IN2O2S. The second-order valence-electron chi connectivity index (χ2n) is 4.47. The van der Waals surface area contributed by atoms with Gasteiger partial charge in [0.15, 0.2) is 0 Å². The van der Waals surface area contributed by atoms with Crippen LogP contribution in [0.15, 0.2) is 0 Å². The van der Waals surface area contributed by atoms with Crippen molar-refractivity contribution in [2.75, 3.05) is 12.3 Å². The second kappa shape index (κ2) is 4.85. The van der Waals surface area contributed by atoms with Crippen LogP contribution in [0.1, 0.15) is 33.1 Å². The molecule has 0 aliphatic carbocycles. The molecule has 4 nitrogen and oxygen atoms in total. The summed E-state index contributed by atoms with van der Waals surface area (Å²) >= 11 is 2.26. The Morgan fingerprint density at radius 2 is 2.07 bits per heavy atom. The number of nitrogens with zero attached hydrogens (tertiary/aromatic N) is 1. The van der Waals surface area contributed by atoms with Crippen LogP contribution in [0.4, 0.5) is 0 Å². The van der Waals surface area contributed by atoms with E-state index in [-0.39, 0.29) is 9.30 Å². The average Bonchev–Trinajstić information content (AvgIpc) is 1.99. The molecule has 15 heavy (non-hydrogen) atoms. The fourth-order valence-corrected chi connectivity index (χ4v) is 5.61. The quantitative estimate of drug-likeness (QED) is 0.476. The number of hydrogen-bond donors (Lipinski definition) is 1. The van der Waals surface area contributed by atoms with Gasteiger partial charge in [-0.1, -0.05) is 22.6 Å². The zero-order valence-corrected chi connectivity index (χ0v) is 12.2. The highest BCUT2D eigenvalue weighted by Crippen LogP contribution is 2.36. The van der Waals surface area contributed by atoms with Crippen molar-refractivity contribution in [2.24, 2.45) is 5.14 Å². The molecule has 0 amide bonds. The lowest BCUT2D eigenvalue weighted by molar-refractivity contribution is 0.113. The Hall–Kier alpha value is 0.600. The molecule has 1 unspecified atom stereocenters. The van der Waals surface area contributed by atoms with E-state index in [0.29, 0.717) is 6.04 Å². The summed E-state index contributed by atoms with van der Waals surface area (Å²) in [5.74, 6) is 0.0543. The molecule has 1 fully saturated rings. The van der Waals surface area contributed by atoms with Gasteiger partial charge in [-0.05, 0) is 39.7 Å². The molecule has 6 heteroatoms. The number of sulfonamides is 1. The van der Waals surface area contributed by atoms with Gasteiger partial charge in [-0.15, -0.1) is 0 Å². The Kier molecular flexibility index (Phi) is 4.42. The Morgan fingerprint density at radius 3 is 2.53 bits per heavy atom. The molecule has 1 saturated heterocycles. The fraction of sp³-hybridized carbons (Fsp3) is 1.00. The SMILES string of the molecule is CC(C)N1CCCCC1(I)CS(N)(=O)=O. The Labute approximate surface area is 106 Å². The Bertz CT molecular complexity index is 318. The van der Waals surface area contributed by atoms with Gasteiger partial charge in [0, 0.05) is 6.04 Å². The van der Waals surface area contributed by atoms with Crippen LogP contribution in [-0.4, -0.2) is 35.2 Å². The maximum atomic E-state index is 11.2. The topological polar surface area (TPSA) is 63.4 Å². The molecule has 1 aliphatic rings. The highest BCUT2D eigenvalue weighted by Gasteiger charge is 2.40. The van der Waals surface area contributed by atoms with Gasteiger partial charge < -0.3 is 0 Å². The first-order chi connectivity index (χ1) is 6.75. The molecule has 0 radical (unpaired) electrons. The second-order valence-corrected chi connectivity index (χ2v) is 8.09. The first-order valence-electron chi connectivity index (χ1n) is 5.21. The van der Waals surface area contributed by atoms with Crippen molar-refractivity contribution in [3.8, 4) is 0 Å². The fourth-order valence-electron chi connectivity index (χ4n) is 2.21. The number of nitrogens with two attached hydrogens (primary N) is 1. The normalized spacial score (nSPS) is 29.7. The summed E-state index contributed by atoms with van der Waals surface area (Å²) in [6.45, 7) is 5.17. The van der Waals surface area contributed by atoms with E-state index in [1.54, 1.807) is 0 Å². The highest BCUT2D eigenvalue weighted by molar-refractivity contribution is 14.1. The minimum Gasteiger partial charge on any atom is -0.286 e. The summed E-state index contributed by atoms with van der Waals surface area (Å²) in [4.78, 5) is 2.25. The maximum absolute atomic E-state index is 11.2. The molecule has 0 saturated carbocycles. The summed E-state index contributed by atoms with van der Waals surface area (Å²) in [5.41, 5.74) is 0. The molecule has 0 bridgehead atoms. The predicted octanol–water partition coefficient (Wildman–Crippen LogP) is 1.30. The molecule has 0 aromatic rings. The molecule has 1 atom stereocenters. The van der Waals surface area contributed by atoms with Crippen LogP contribution >= 0.6 is 22.6 Å². The van der Waals surface area contributed by atoms with Crippen LogP contribution in [0.25, 0.3) is 0 Å². The van der Waals surface area contributed by atoms with Gasteiger partial charge in [-0.3, -0.25) is 4.90 Å². The van der Waals surface area contributed by atoms with Crippen molar-refractivity contribution in [1.82, 2.24) is 4.90 Å². The van der Waals surface area contributed by atoms with E-state index in [9.17, 15) is 8.42 Å². The van der Waals surface area contributed by atoms with Gasteiger partial charge in [0.2, 0.25) is 10.0 Å². The third-order valence-electron chi connectivity index (χ3n) is 2.77. The molecule has 0 aromatic carbocycles. The highest BCUT2D eigenvalue weighted by atomic mass is 127. The zero-order valence-electron chi connectivity index (χ0n) is 9.24. The van der Waals surface area contributed by atoms with Gasteiger partial charge in [0.1, 0.15) is 0 Å². The van der Waals surface area contributed by atoms with Crippen molar-refractivity contribution in [3.05, 3.63) is 0 Å². The zero-order chi connectivity index (χ0) is 11.7. The number of primary sulfonamides is 1. The number of rotatable bonds is 3. The van der Waals surface area contributed by atoms with Crippen LogP contribution < -0.4 is 5.14 Å². The lowest BCUT2D eigenvalue weighted by Crippen LogP contribution is -2.55. The van der Waals surface area contributed by atoms with Crippen molar-refractivity contribution in [1.29, 1.82) is 0 Å². The Morgan fingerprint density at radius 1 is 1.47 bits per heavy atom. The van der Waals surface area contributed by atoms with Crippen molar-refractivity contribution in [3.63, 3.8) is 0 Å². The van der Waals surface area contributed by atoms with E-state index in [0.717, 1.165) is 25.8 Å².